The lowest BCUT2D eigenvalue weighted by Gasteiger charge is -2.42. The molecule has 2 saturated heterocycles. The van der Waals surface area contributed by atoms with E-state index in [1.807, 2.05) is 18.2 Å². The van der Waals surface area contributed by atoms with E-state index < -0.39 is 17.6 Å². The zero-order chi connectivity index (χ0) is 23.7. The third-order valence-electron chi connectivity index (χ3n) is 7.36. The summed E-state index contributed by atoms with van der Waals surface area (Å²) in [5.74, 6) is -0.794. The van der Waals surface area contributed by atoms with E-state index in [1.54, 1.807) is 29.2 Å². The lowest BCUT2D eigenvalue weighted by Crippen LogP contribution is -2.54. The van der Waals surface area contributed by atoms with Crippen molar-refractivity contribution in [3.63, 3.8) is 0 Å². The number of aliphatic hydroxyl groups is 1. The van der Waals surface area contributed by atoms with E-state index in [-0.39, 0.29) is 17.5 Å². The summed E-state index contributed by atoms with van der Waals surface area (Å²) in [7, 11) is 0. The van der Waals surface area contributed by atoms with Crippen LogP contribution in [0.25, 0.3) is 0 Å². The molecule has 2 atom stereocenters. The Morgan fingerprint density at radius 1 is 0.853 bits per heavy atom. The first-order valence-corrected chi connectivity index (χ1v) is 11.7. The molecule has 2 unspecified atom stereocenters. The van der Waals surface area contributed by atoms with Crippen LogP contribution in [-0.2, 0) is 11.3 Å². The van der Waals surface area contributed by atoms with Crippen molar-refractivity contribution in [1.29, 1.82) is 0 Å². The Labute approximate surface area is 198 Å². The minimum Gasteiger partial charge on any atom is -0.391 e. The van der Waals surface area contributed by atoms with Crippen LogP contribution < -0.4 is 0 Å². The van der Waals surface area contributed by atoms with Crippen molar-refractivity contribution in [1.82, 2.24) is 9.80 Å². The fraction of sp³-hybridized carbons (Fsp3) is 0.321. The van der Waals surface area contributed by atoms with Gasteiger partial charge in [-0.3, -0.25) is 9.69 Å². The minimum atomic E-state index is -0.828. The van der Waals surface area contributed by atoms with Crippen LogP contribution in [0.4, 0.5) is 8.78 Å². The maximum absolute atomic E-state index is 13.9. The molecule has 0 aliphatic carbocycles. The number of halogens is 2. The number of amides is 1. The molecule has 3 aromatic carbocycles. The number of hydrogen-bond donors (Lipinski definition) is 1. The van der Waals surface area contributed by atoms with Crippen molar-refractivity contribution in [3.8, 4) is 0 Å². The summed E-state index contributed by atoms with van der Waals surface area (Å²) in [5.41, 5.74) is 1.87. The fourth-order valence-corrected chi connectivity index (χ4v) is 5.46. The molecule has 34 heavy (non-hydrogen) atoms. The predicted octanol–water partition coefficient (Wildman–Crippen LogP) is 4.54. The molecule has 2 aliphatic rings. The van der Waals surface area contributed by atoms with Gasteiger partial charge in [-0.15, -0.1) is 0 Å². The molecule has 5 rings (SSSR count). The van der Waals surface area contributed by atoms with Gasteiger partial charge >= 0.3 is 0 Å². The smallest absolute Gasteiger partial charge is 0.232 e. The van der Waals surface area contributed by atoms with Crippen LogP contribution in [-0.4, -0.2) is 46.6 Å². The number of nitrogens with zero attached hydrogens (tertiary/aromatic N) is 2. The number of rotatable bonds is 5. The molecule has 2 aliphatic heterocycles. The molecule has 4 nitrogen and oxygen atoms in total. The number of carbonyl (C=O) groups excluding carboxylic acids is 1. The molecule has 0 radical (unpaired) electrons. The van der Waals surface area contributed by atoms with E-state index in [0.29, 0.717) is 25.9 Å². The van der Waals surface area contributed by atoms with Gasteiger partial charge in [0.1, 0.15) is 11.6 Å². The first-order valence-electron chi connectivity index (χ1n) is 11.7. The topological polar surface area (TPSA) is 43.8 Å². The largest absolute Gasteiger partial charge is 0.391 e. The number of hydrogen-bond acceptors (Lipinski definition) is 3. The summed E-state index contributed by atoms with van der Waals surface area (Å²) < 4.78 is 27.2. The van der Waals surface area contributed by atoms with E-state index in [0.717, 1.165) is 24.2 Å². The number of likely N-dealkylation sites (tertiary alicyclic amines) is 2. The Morgan fingerprint density at radius 2 is 1.41 bits per heavy atom. The summed E-state index contributed by atoms with van der Waals surface area (Å²) in [4.78, 5) is 17.8. The molecule has 1 amide bonds. The Hall–Kier alpha value is -3.09. The number of carbonyl (C=O) groups is 1. The average molecular weight is 463 g/mol. The van der Waals surface area contributed by atoms with Crippen molar-refractivity contribution < 1.29 is 18.7 Å². The number of benzene rings is 3. The highest BCUT2D eigenvalue weighted by molar-refractivity contribution is 5.86. The van der Waals surface area contributed by atoms with Gasteiger partial charge in [-0.1, -0.05) is 54.6 Å². The number of piperidine rings is 1. The number of β-amino-alcohol motifs (C(OH)–C–C–N with tert-alkyl or cyclic N) is 1. The Kier molecular flexibility index (Phi) is 6.19. The second kappa shape index (κ2) is 9.28. The standard InChI is InChI=1S/C28H28F2N2O2/c29-23-10-6-21(7-11-23)26(22-8-12-24(30)13-9-22)32-17-15-28(27(32)34)14-16-31(19-25(28)33)18-20-4-2-1-3-5-20/h1-13,25-26,33H,14-19H2. The van der Waals surface area contributed by atoms with Gasteiger partial charge in [0, 0.05) is 19.6 Å². The van der Waals surface area contributed by atoms with Gasteiger partial charge in [0.2, 0.25) is 5.91 Å². The predicted molar refractivity (Wildman–Crippen MR) is 126 cm³/mol. The lowest BCUT2D eigenvalue weighted by molar-refractivity contribution is -0.148. The first-order chi connectivity index (χ1) is 16.5. The van der Waals surface area contributed by atoms with Gasteiger partial charge in [-0.05, 0) is 60.3 Å². The maximum atomic E-state index is 13.9. The van der Waals surface area contributed by atoms with Crippen molar-refractivity contribution in [2.24, 2.45) is 5.41 Å². The molecular formula is C28H28F2N2O2. The molecule has 1 spiro atoms. The summed E-state index contributed by atoms with van der Waals surface area (Å²) in [5, 5.41) is 11.2. The van der Waals surface area contributed by atoms with Crippen LogP contribution in [0.1, 0.15) is 35.6 Å². The van der Waals surface area contributed by atoms with Crippen LogP contribution in [0.5, 0.6) is 0 Å². The highest BCUT2D eigenvalue weighted by Gasteiger charge is 2.55. The van der Waals surface area contributed by atoms with E-state index in [1.165, 1.54) is 29.8 Å². The van der Waals surface area contributed by atoms with E-state index in [9.17, 15) is 18.7 Å². The van der Waals surface area contributed by atoms with Gasteiger partial charge in [0.15, 0.2) is 0 Å². The lowest BCUT2D eigenvalue weighted by atomic mass is 9.74. The summed E-state index contributed by atoms with van der Waals surface area (Å²) in [6.07, 6.45) is 0.366. The van der Waals surface area contributed by atoms with Crippen LogP contribution in [0.15, 0.2) is 78.9 Å². The van der Waals surface area contributed by atoms with E-state index >= 15 is 0 Å². The molecule has 176 valence electrons. The summed E-state index contributed by atoms with van der Waals surface area (Å²) in [6, 6.07) is 21.8. The molecule has 3 aromatic rings. The molecule has 1 N–H and O–H groups in total. The molecule has 2 fully saturated rings. The normalized spacial score (nSPS) is 23.2. The van der Waals surface area contributed by atoms with Crippen LogP contribution >= 0.6 is 0 Å². The molecule has 0 aromatic heterocycles. The van der Waals surface area contributed by atoms with Crippen molar-refractivity contribution >= 4 is 5.91 Å². The third-order valence-corrected chi connectivity index (χ3v) is 7.36. The van der Waals surface area contributed by atoms with E-state index in [4.69, 9.17) is 0 Å². The molecular weight excluding hydrogens is 434 g/mol. The molecule has 2 heterocycles. The second-order valence-electron chi connectivity index (χ2n) is 9.40. The molecule has 0 bridgehead atoms. The first kappa shape index (κ1) is 22.7. The van der Waals surface area contributed by atoms with Gasteiger partial charge in [0.05, 0.1) is 17.6 Å². The second-order valence-corrected chi connectivity index (χ2v) is 9.40. The summed E-state index contributed by atoms with van der Waals surface area (Å²) in [6.45, 7) is 2.38. The third kappa shape index (κ3) is 4.24. The van der Waals surface area contributed by atoms with Crippen LogP contribution in [0.2, 0.25) is 0 Å². The van der Waals surface area contributed by atoms with Gasteiger partial charge in [-0.2, -0.15) is 0 Å². The Balaban J connectivity index is 1.39. The molecule has 0 saturated carbocycles. The van der Waals surface area contributed by atoms with E-state index in [2.05, 4.69) is 17.0 Å². The van der Waals surface area contributed by atoms with Crippen LogP contribution in [0.3, 0.4) is 0 Å². The highest BCUT2D eigenvalue weighted by atomic mass is 19.1. The zero-order valence-corrected chi connectivity index (χ0v) is 18.9. The van der Waals surface area contributed by atoms with Crippen LogP contribution in [0, 0.1) is 17.0 Å². The molecule has 6 heteroatoms. The number of aliphatic hydroxyl groups excluding tert-OH is 1. The van der Waals surface area contributed by atoms with Gasteiger partial charge in [-0.25, -0.2) is 8.78 Å². The highest BCUT2D eigenvalue weighted by Crippen LogP contribution is 2.46. The van der Waals surface area contributed by atoms with Crippen molar-refractivity contribution in [2.75, 3.05) is 19.6 Å². The van der Waals surface area contributed by atoms with Gasteiger partial charge < -0.3 is 10.0 Å². The zero-order valence-electron chi connectivity index (χ0n) is 18.9. The maximum Gasteiger partial charge on any atom is 0.232 e. The Morgan fingerprint density at radius 3 is 1.97 bits per heavy atom. The SMILES string of the molecule is O=C1N(C(c2ccc(F)cc2)c2ccc(F)cc2)CCC12CCN(Cc1ccccc1)CC2O. The minimum absolute atomic E-state index is 0.0852. The quantitative estimate of drug-likeness (QED) is 0.606. The monoisotopic (exact) mass is 462 g/mol. The Bertz CT molecular complexity index is 1090. The van der Waals surface area contributed by atoms with Crippen molar-refractivity contribution in [2.45, 2.75) is 31.5 Å². The van der Waals surface area contributed by atoms with Gasteiger partial charge in [0.25, 0.3) is 0 Å². The average Bonchev–Trinajstić information content (AvgIpc) is 3.16. The van der Waals surface area contributed by atoms with Crippen molar-refractivity contribution in [3.05, 3.63) is 107 Å². The summed E-state index contributed by atoms with van der Waals surface area (Å²) >= 11 is 0. The fourth-order valence-electron chi connectivity index (χ4n) is 5.46.